The molecule has 2 heterocycles. The van der Waals surface area contributed by atoms with Gasteiger partial charge in [-0.1, -0.05) is 12.1 Å². The molecule has 28 heavy (non-hydrogen) atoms. The molecular formula is C18H21F5N4O. The van der Waals surface area contributed by atoms with Crippen LogP contribution in [0.2, 0.25) is 0 Å². The fourth-order valence-corrected chi connectivity index (χ4v) is 3.18. The van der Waals surface area contributed by atoms with Crippen LogP contribution in [0.1, 0.15) is 18.7 Å². The molecule has 2 aromatic rings. The lowest BCUT2D eigenvalue weighted by molar-refractivity contribution is -0.174. The molecule has 1 aromatic heterocycles. The van der Waals surface area contributed by atoms with Gasteiger partial charge in [-0.3, -0.25) is 4.90 Å². The van der Waals surface area contributed by atoms with E-state index < -0.39 is 25.0 Å². The lowest BCUT2D eigenvalue weighted by Gasteiger charge is -2.36. The van der Waals surface area contributed by atoms with Crippen molar-refractivity contribution in [3.63, 3.8) is 0 Å². The molecule has 1 saturated heterocycles. The number of benzene rings is 1. The number of rotatable bonds is 7. The van der Waals surface area contributed by atoms with E-state index in [-0.39, 0.29) is 6.61 Å². The second-order valence-corrected chi connectivity index (χ2v) is 6.57. The molecule has 0 atom stereocenters. The van der Waals surface area contributed by atoms with Crippen LogP contribution in [0.5, 0.6) is 0 Å². The molecule has 1 aliphatic heterocycles. The first-order chi connectivity index (χ1) is 13.3. The second-order valence-electron chi connectivity index (χ2n) is 6.57. The Balaban J connectivity index is 1.56. The van der Waals surface area contributed by atoms with E-state index in [9.17, 15) is 22.0 Å². The third-order valence-corrected chi connectivity index (χ3v) is 4.50. The molecule has 5 nitrogen and oxygen atoms in total. The number of anilines is 1. The maximum absolute atomic E-state index is 13.1. The molecule has 0 bridgehead atoms. The van der Waals surface area contributed by atoms with Gasteiger partial charge in [0.05, 0.1) is 5.52 Å². The third-order valence-electron chi connectivity index (χ3n) is 4.50. The van der Waals surface area contributed by atoms with Gasteiger partial charge >= 0.3 is 6.18 Å². The predicted molar refractivity (Wildman–Crippen MR) is 94.6 cm³/mol. The van der Waals surface area contributed by atoms with Gasteiger partial charge in [0, 0.05) is 44.7 Å². The van der Waals surface area contributed by atoms with Crippen LogP contribution in [-0.4, -0.2) is 67.0 Å². The van der Waals surface area contributed by atoms with Gasteiger partial charge in [0.2, 0.25) is 0 Å². The van der Waals surface area contributed by atoms with Crippen molar-refractivity contribution >= 4 is 16.7 Å². The van der Waals surface area contributed by atoms with Crippen molar-refractivity contribution in [3.05, 3.63) is 30.1 Å². The first-order valence-corrected chi connectivity index (χ1v) is 9.00. The average Bonchev–Trinajstić information content (AvgIpc) is 2.66. The standard InChI is InChI=1S/C18H21F5N4O/c19-15(20)16-24-14-5-2-1-4-13(14)17(25-16)27-9-7-26(8-10-27)6-3-11-28-12-18(21,22)23/h1-2,4-5,15H,3,6-12H2. The van der Waals surface area contributed by atoms with Crippen LogP contribution in [-0.2, 0) is 4.74 Å². The summed E-state index contributed by atoms with van der Waals surface area (Å²) in [6.07, 6.45) is -6.55. The lowest BCUT2D eigenvalue weighted by atomic mass is 10.2. The number of nitrogens with zero attached hydrogens (tertiary/aromatic N) is 4. The van der Waals surface area contributed by atoms with Crippen molar-refractivity contribution in [3.8, 4) is 0 Å². The van der Waals surface area contributed by atoms with Crippen molar-refractivity contribution < 1.29 is 26.7 Å². The number of ether oxygens (including phenoxy) is 1. The summed E-state index contributed by atoms with van der Waals surface area (Å²) < 4.78 is 67.0. The number of hydrogen-bond acceptors (Lipinski definition) is 5. The molecule has 0 radical (unpaired) electrons. The summed E-state index contributed by atoms with van der Waals surface area (Å²) in [5.74, 6) is 0.00648. The van der Waals surface area contributed by atoms with Crippen molar-refractivity contribution in [2.75, 3.05) is 50.8 Å². The van der Waals surface area contributed by atoms with E-state index in [0.717, 1.165) is 5.39 Å². The van der Waals surface area contributed by atoms with Gasteiger partial charge < -0.3 is 9.64 Å². The van der Waals surface area contributed by atoms with E-state index in [2.05, 4.69) is 19.6 Å². The van der Waals surface area contributed by atoms with E-state index in [1.807, 2.05) is 17.0 Å². The van der Waals surface area contributed by atoms with Crippen molar-refractivity contribution in [1.29, 1.82) is 0 Å². The quantitative estimate of drug-likeness (QED) is 0.521. The average molecular weight is 404 g/mol. The highest BCUT2D eigenvalue weighted by atomic mass is 19.4. The topological polar surface area (TPSA) is 41.5 Å². The lowest BCUT2D eigenvalue weighted by Crippen LogP contribution is -2.47. The van der Waals surface area contributed by atoms with Gasteiger partial charge in [-0.15, -0.1) is 0 Å². The van der Waals surface area contributed by atoms with Crippen LogP contribution in [0.25, 0.3) is 10.9 Å². The zero-order valence-corrected chi connectivity index (χ0v) is 15.1. The number of piperazine rings is 1. The molecule has 154 valence electrons. The molecule has 0 unspecified atom stereocenters. The molecule has 0 spiro atoms. The Labute approximate surface area is 159 Å². The fraction of sp³-hybridized carbons (Fsp3) is 0.556. The molecule has 0 N–H and O–H groups in total. The minimum absolute atomic E-state index is 0.0496. The fourth-order valence-electron chi connectivity index (χ4n) is 3.18. The zero-order valence-electron chi connectivity index (χ0n) is 15.1. The first kappa shape index (κ1) is 20.7. The monoisotopic (exact) mass is 404 g/mol. The van der Waals surface area contributed by atoms with Crippen LogP contribution < -0.4 is 4.90 Å². The molecule has 1 aliphatic rings. The summed E-state index contributed by atoms with van der Waals surface area (Å²) in [7, 11) is 0. The highest BCUT2D eigenvalue weighted by molar-refractivity contribution is 5.89. The largest absolute Gasteiger partial charge is 0.411 e. The number of para-hydroxylation sites is 1. The number of hydrogen-bond donors (Lipinski definition) is 0. The molecule has 0 aliphatic carbocycles. The van der Waals surface area contributed by atoms with E-state index in [1.165, 1.54) is 0 Å². The number of fused-ring (bicyclic) bond motifs is 1. The van der Waals surface area contributed by atoms with Crippen molar-refractivity contribution in [1.82, 2.24) is 14.9 Å². The zero-order chi connectivity index (χ0) is 20.1. The van der Waals surface area contributed by atoms with Gasteiger partial charge in [0.1, 0.15) is 12.4 Å². The van der Waals surface area contributed by atoms with E-state index in [0.29, 0.717) is 50.5 Å². The van der Waals surface area contributed by atoms with Crippen LogP contribution in [0.4, 0.5) is 27.8 Å². The molecule has 0 amide bonds. The summed E-state index contributed by atoms with van der Waals surface area (Å²) in [5.41, 5.74) is 0.479. The highest BCUT2D eigenvalue weighted by Gasteiger charge is 2.27. The Morgan fingerprint density at radius 3 is 2.43 bits per heavy atom. The summed E-state index contributed by atoms with van der Waals surface area (Å²) in [6.45, 7) is 1.96. The maximum Gasteiger partial charge on any atom is 0.411 e. The number of aromatic nitrogens is 2. The Kier molecular flexibility index (Phi) is 6.61. The van der Waals surface area contributed by atoms with Gasteiger partial charge in [0.25, 0.3) is 6.43 Å². The molecule has 0 saturated carbocycles. The summed E-state index contributed by atoms with van der Waals surface area (Å²) in [6, 6.07) is 7.05. The minimum Gasteiger partial charge on any atom is -0.372 e. The van der Waals surface area contributed by atoms with E-state index in [1.54, 1.807) is 12.1 Å². The summed E-state index contributed by atoms with van der Waals surface area (Å²) in [5, 5.41) is 0.723. The highest BCUT2D eigenvalue weighted by Crippen LogP contribution is 2.27. The molecule has 3 rings (SSSR count). The Morgan fingerprint density at radius 1 is 1.04 bits per heavy atom. The van der Waals surface area contributed by atoms with Crippen LogP contribution in [0.15, 0.2) is 24.3 Å². The molecule has 10 heteroatoms. The van der Waals surface area contributed by atoms with Gasteiger partial charge in [-0.05, 0) is 18.6 Å². The maximum atomic E-state index is 13.1. The van der Waals surface area contributed by atoms with Crippen molar-refractivity contribution in [2.24, 2.45) is 0 Å². The Hall–Kier alpha value is -2.07. The summed E-state index contributed by atoms with van der Waals surface area (Å²) in [4.78, 5) is 12.1. The van der Waals surface area contributed by atoms with Crippen LogP contribution in [0.3, 0.4) is 0 Å². The Bertz CT molecular complexity index is 778. The Morgan fingerprint density at radius 2 is 1.75 bits per heavy atom. The van der Waals surface area contributed by atoms with Crippen molar-refractivity contribution in [2.45, 2.75) is 19.0 Å². The molecular weight excluding hydrogens is 383 g/mol. The van der Waals surface area contributed by atoms with Gasteiger partial charge in [-0.25, -0.2) is 18.7 Å². The first-order valence-electron chi connectivity index (χ1n) is 9.00. The normalized spacial score (nSPS) is 16.3. The van der Waals surface area contributed by atoms with Crippen LogP contribution in [0, 0.1) is 0 Å². The molecule has 1 fully saturated rings. The number of halogens is 5. The van der Waals surface area contributed by atoms with Gasteiger partial charge in [0.15, 0.2) is 5.82 Å². The second kappa shape index (κ2) is 8.95. The minimum atomic E-state index is -4.30. The third kappa shape index (κ3) is 5.48. The van der Waals surface area contributed by atoms with E-state index >= 15 is 0 Å². The van der Waals surface area contributed by atoms with Gasteiger partial charge in [-0.2, -0.15) is 13.2 Å². The smallest absolute Gasteiger partial charge is 0.372 e. The predicted octanol–water partition coefficient (Wildman–Crippen LogP) is 3.66. The van der Waals surface area contributed by atoms with E-state index in [4.69, 9.17) is 0 Å². The molecule has 1 aromatic carbocycles. The van der Waals surface area contributed by atoms with Crippen LogP contribution >= 0.6 is 0 Å². The SMILES string of the molecule is FC(F)c1nc(N2CCN(CCCOCC(F)(F)F)CC2)c2ccccc2n1. The summed E-state index contributed by atoms with van der Waals surface area (Å²) >= 11 is 0. The number of alkyl halides is 5.